The monoisotopic (exact) mass is 170 g/mol. The van der Waals surface area contributed by atoms with Crippen LogP contribution in [0.3, 0.4) is 0 Å². The molecule has 1 heterocycles. The Morgan fingerprint density at radius 1 is 1.67 bits per heavy atom. The molecule has 1 aliphatic heterocycles. The van der Waals surface area contributed by atoms with Gasteiger partial charge in [0.05, 0.1) is 0 Å². The molecule has 1 saturated heterocycles. The van der Waals surface area contributed by atoms with Crippen LogP contribution in [0.25, 0.3) is 0 Å². The van der Waals surface area contributed by atoms with Crippen LogP contribution in [-0.4, -0.2) is 29.9 Å². The number of piperidine rings is 1. The second-order valence-electron chi connectivity index (χ2n) is 3.62. The van der Waals surface area contributed by atoms with Gasteiger partial charge >= 0.3 is 0 Å². The molecular weight excluding hydrogens is 152 g/mol. The molecule has 1 fully saturated rings. The van der Waals surface area contributed by atoms with E-state index in [-0.39, 0.29) is 11.9 Å². The molecule has 12 heavy (non-hydrogen) atoms. The number of nitrogens with two attached hydrogens (primary N) is 1. The van der Waals surface area contributed by atoms with Crippen LogP contribution in [0.2, 0.25) is 0 Å². The van der Waals surface area contributed by atoms with Crippen molar-refractivity contribution in [1.82, 2.24) is 4.90 Å². The highest BCUT2D eigenvalue weighted by Gasteiger charge is 2.24. The van der Waals surface area contributed by atoms with Crippen molar-refractivity contribution in [1.29, 1.82) is 0 Å². The summed E-state index contributed by atoms with van der Waals surface area (Å²) in [5.74, 6) is 0.711. The zero-order chi connectivity index (χ0) is 9.14. The lowest BCUT2D eigenvalue weighted by Gasteiger charge is -2.34. The fraction of sp³-hybridized carbons (Fsp3) is 0.889. The van der Waals surface area contributed by atoms with Gasteiger partial charge < -0.3 is 10.6 Å². The third-order valence-electron chi connectivity index (χ3n) is 2.63. The number of rotatable bonds is 1. The number of amides is 1. The lowest BCUT2D eigenvalue weighted by atomic mass is 9.95. The quantitative estimate of drug-likeness (QED) is 0.626. The van der Waals surface area contributed by atoms with Gasteiger partial charge in [-0.3, -0.25) is 4.79 Å². The maximum Gasteiger partial charge on any atom is 0.222 e. The van der Waals surface area contributed by atoms with Gasteiger partial charge in [-0.15, -0.1) is 0 Å². The second kappa shape index (κ2) is 3.90. The Morgan fingerprint density at radius 2 is 2.33 bits per heavy atom. The van der Waals surface area contributed by atoms with E-state index in [9.17, 15) is 4.79 Å². The van der Waals surface area contributed by atoms with Gasteiger partial charge in [0, 0.05) is 25.6 Å². The summed E-state index contributed by atoms with van der Waals surface area (Å²) in [6, 6.07) is 0.283. The van der Waals surface area contributed by atoms with Crippen LogP contribution >= 0.6 is 0 Å². The van der Waals surface area contributed by atoms with Crippen molar-refractivity contribution in [2.45, 2.75) is 32.7 Å². The molecule has 0 aromatic heterocycles. The van der Waals surface area contributed by atoms with Crippen LogP contribution < -0.4 is 5.73 Å². The minimum absolute atomic E-state index is 0.258. The first-order chi connectivity index (χ1) is 5.65. The van der Waals surface area contributed by atoms with E-state index in [0.29, 0.717) is 12.3 Å². The van der Waals surface area contributed by atoms with Gasteiger partial charge in [-0.1, -0.05) is 13.8 Å². The van der Waals surface area contributed by atoms with E-state index in [1.54, 1.807) is 0 Å². The van der Waals surface area contributed by atoms with Gasteiger partial charge in [0.1, 0.15) is 0 Å². The predicted octanol–water partition coefficient (Wildman–Crippen LogP) is 0.592. The molecule has 2 atom stereocenters. The molecule has 1 rings (SSSR count). The highest BCUT2D eigenvalue weighted by molar-refractivity contribution is 5.75. The van der Waals surface area contributed by atoms with Gasteiger partial charge in [-0.2, -0.15) is 0 Å². The first kappa shape index (κ1) is 9.52. The Kier molecular flexibility index (Phi) is 3.09. The van der Waals surface area contributed by atoms with Crippen LogP contribution in [0.4, 0.5) is 0 Å². The van der Waals surface area contributed by atoms with Crippen molar-refractivity contribution in [3.05, 3.63) is 0 Å². The van der Waals surface area contributed by atoms with Crippen LogP contribution in [0.5, 0.6) is 0 Å². The van der Waals surface area contributed by atoms with E-state index in [2.05, 4.69) is 6.92 Å². The molecule has 3 heteroatoms. The van der Waals surface area contributed by atoms with Gasteiger partial charge in [-0.25, -0.2) is 0 Å². The molecule has 0 spiro atoms. The third kappa shape index (κ3) is 1.97. The summed E-state index contributed by atoms with van der Waals surface area (Å²) in [6.07, 6.45) is 1.56. The fourth-order valence-electron chi connectivity index (χ4n) is 1.61. The standard InChI is InChI=1S/C9H18N2O/c1-3-9(12)11-5-4-8(10)7(2)6-11/h7-8H,3-6,10H2,1-2H3/t7-,8+/m0/s1. The number of carbonyl (C=O) groups is 1. The van der Waals surface area contributed by atoms with Crippen molar-refractivity contribution in [3.63, 3.8) is 0 Å². The Hall–Kier alpha value is -0.570. The molecule has 3 nitrogen and oxygen atoms in total. The van der Waals surface area contributed by atoms with E-state index >= 15 is 0 Å². The minimum Gasteiger partial charge on any atom is -0.342 e. The van der Waals surface area contributed by atoms with Gasteiger partial charge in [0.15, 0.2) is 0 Å². The second-order valence-corrected chi connectivity index (χ2v) is 3.62. The zero-order valence-electron chi connectivity index (χ0n) is 7.92. The van der Waals surface area contributed by atoms with Crippen molar-refractivity contribution in [3.8, 4) is 0 Å². The molecule has 0 aromatic carbocycles. The highest BCUT2D eigenvalue weighted by atomic mass is 16.2. The Morgan fingerprint density at radius 3 is 2.83 bits per heavy atom. The first-order valence-corrected chi connectivity index (χ1v) is 4.68. The van der Waals surface area contributed by atoms with E-state index in [1.807, 2.05) is 11.8 Å². The highest BCUT2D eigenvalue weighted by Crippen LogP contribution is 2.15. The number of hydrogen-bond donors (Lipinski definition) is 1. The summed E-state index contributed by atoms with van der Waals surface area (Å²) < 4.78 is 0. The van der Waals surface area contributed by atoms with Crippen LogP contribution in [0.1, 0.15) is 26.7 Å². The fourth-order valence-corrected chi connectivity index (χ4v) is 1.61. The average molecular weight is 170 g/mol. The van der Waals surface area contributed by atoms with Gasteiger partial charge in [0.25, 0.3) is 0 Å². The summed E-state index contributed by atoms with van der Waals surface area (Å²) in [7, 11) is 0. The smallest absolute Gasteiger partial charge is 0.222 e. The molecule has 1 aliphatic rings. The number of hydrogen-bond acceptors (Lipinski definition) is 2. The van der Waals surface area contributed by atoms with E-state index in [1.165, 1.54) is 0 Å². The molecule has 0 aliphatic carbocycles. The number of carbonyl (C=O) groups excluding carboxylic acids is 1. The van der Waals surface area contributed by atoms with Gasteiger partial charge in [-0.05, 0) is 12.3 Å². The maximum absolute atomic E-state index is 11.3. The lowest BCUT2D eigenvalue weighted by Crippen LogP contribution is -2.47. The molecule has 1 amide bonds. The predicted molar refractivity (Wildman–Crippen MR) is 48.6 cm³/mol. The van der Waals surface area contributed by atoms with E-state index < -0.39 is 0 Å². The minimum atomic E-state index is 0.258. The third-order valence-corrected chi connectivity index (χ3v) is 2.63. The summed E-state index contributed by atoms with van der Waals surface area (Å²) in [5, 5.41) is 0. The van der Waals surface area contributed by atoms with E-state index in [0.717, 1.165) is 19.5 Å². The SMILES string of the molecule is CCC(=O)N1CC[C@@H](N)[C@@H](C)C1. The van der Waals surface area contributed by atoms with Crippen molar-refractivity contribution >= 4 is 5.91 Å². The summed E-state index contributed by atoms with van der Waals surface area (Å²) in [4.78, 5) is 13.2. The normalized spacial score (nSPS) is 30.4. The van der Waals surface area contributed by atoms with Crippen molar-refractivity contribution in [2.75, 3.05) is 13.1 Å². The molecule has 70 valence electrons. The summed E-state index contributed by atoms with van der Waals surface area (Å²) >= 11 is 0. The first-order valence-electron chi connectivity index (χ1n) is 4.68. The van der Waals surface area contributed by atoms with E-state index in [4.69, 9.17) is 5.73 Å². The van der Waals surface area contributed by atoms with Crippen LogP contribution in [0, 0.1) is 5.92 Å². The molecule has 0 aromatic rings. The number of nitrogens with zero attached hydrogens (tertiary/aromatic N) is 1. The molecule has 0 radical (unpaired) electrons. The van der Waals surface area contributed by atoms with Gasteiger partial charge in [0.2, 0.25) is 5.91 Å². The number of likely N-dealkylation sites (tertiary alicyclic amines) is 1. The molecule has 2 N–H and O–H groups in total. The Balaban J connectivity index is 2.45. The summed E-state index contributed by atoms with van der Waals surface area (Å²) in [6.45, 7) is 5.70. The Bertz CT molecular complexity index is 170. The molecule has 0 saturated carbocycles. The Labute approximate surface area is 73.9 Å². The molecule has 0 bridgehead atoms. The topological polar surface area (TPSA) is 46.3 Å². The largest absolute Gasteiger partial charge is 0.342 e. The van der Waals surface area contributed by atoms with Crippen molar-refractivity contribution < 1.29 is 4.79 Å². The zero-order valence-corrected chi connectivity index (χ0v) is 7.92. The van der Waals surface area contributed by atoms with Crippen LogP contribution in [-0.2, 0) is 4.79 Å². The average Bonchev–Trinajstić information content (AvgIpc) is 2.08. The van der Waals surface area contributed by atoms with Crippen LogP contribution in [0.15, 0.2) is 0 Å². The summed E-state index contributed by atoms with van der Waals surface area (Å²) in [5.41, 5.74) is 5.84. The van der Waals surface area contributed by atoms with Crippen molar-refractivity contribution in [2.24, 2.45) is 11.7 Å². The molecular formula is C9H18N2O. The maximum atomic E-state index is 11.3. The molecule has 0 unspecified atom stereocenters. The lowest BCUT2D eigenvalue weighted by molar-refractivity contribution is -0.132.